The van der Waals surface area contributed by atoms with Crippen molar-refractivity contribution in [3.8, 4) is 11.3 Å². The van der Waals surface area contributed by atoms with Crippen molar-refractivity contribution < 1.29 is 4.79 Å². The molecule has 0 aliphatic rings. The van der Waals surface area contributed by atoms with E-state index in [0.29, 0.717) is 26.1 Å². The van der Waals surface area contributed by atoms with Crippen molar-refractivity contribution in [3.05, 3.63) is 79.9 Å². The topological polar surface area (TPSA) is 64.0 Å². The van der Waals surface area contributed by atoms with Crippen molar-refractivity contribution >= 4 is 56.5 Å². The molecule has 2 aromatic heterocycles. The summed E-state index contributed by atoms with van der Waals surface area (Å²) in [5.74, 6) is -0.514. The first-order valence-electron chi connectivity index (χ1n) is 8.24. The minimum absolute atomic E-state index is 0.0282. The van der Waals surface area contributed by atoms with Gasteiger partial charge in [-0.25, -0.2) is 4.98 Å². The van der Waals surface area contributed by atoms with Crippen LogP contribution in [0.15, 0.2) is 58.8 Å². The lowest BCUT2D eigenvalue weighted by atomic mass is 10.1. The lowest BCUT2D eigenvalue weighted by Crippen LogP contribution is -2.23. The molecule has 0 bridgehead atoms. The normalized spacial score (nSPS) is 11.0. The first-order chi connectivity index (χ1) is 13.4. The Morgan fingerprint density at radius 1 is 1.11 bits per heavy atom. The molecule has 1 amide bonds. The zero-order chi connectivity index (χ0) is 19.8. The Balaban J connectivity index is 1.65. The zero-order valence-electron chi connectivity index (χ0n) is 14.6. The molecule has 2 aromatic carbocycles. The van der Waals surface area contributed by atoms with E-state index in [4.69, 9.17) is 23.2 Å². The molecule has 0 fully saturated rings. The van der Waals surface area contributed by atoms with Crippen LogP contribution in [0.1, 0.15) is 10.4 Å². The molecule has 4 rings (SSSR count). The number of thiazole rings is 1. The Morgan fingerprint density at radius 3 is 2.57 bits per heavy atom. The van der Waals surface area contributed by atoms with Crippen LogP contribution < -0.4 is 10.7 Å². The maximum Gasteiger partial charge on any atom is 0.262 e. The van der Waals surface area contributed by atoms with E-state index in [-0.39, 0.29) is 11.0 Å². The fourth-order valence-electron chi connectivity index (χ4n) is 2.88. The number of anilines is 1. The highest BCUT2D eigenvalue weighted by Crippen LogP contribution is 2.26. The van der Waals surface area contributed by atoms with E-state index in [1.165, 1.54) is 17.5 Å². The number of fused-ring (bicyclic) bond motifs is 1. The SMILES string of the molecule is Cn1cc(C(=O)Nc2nc(-c3ccc(Cl)cc3)cs2)c(=O)c2cc(Cl)ccc21. The van der Waals surface area contributed by atoms with Gasteiger partial charge in [-0.05, 0) is 30.3 Å². The second-order valence-electron chi connectivity index (χ2n) is 6.14. The molecule has 5 nitrogen and oxygen atoms in total. The second-order valence-corrected chi connectivity index (χ2v) is 7.87. The van der Waals surface area contributed by atoms with E-state index in [1.54, 1.807) is 41.9 Å². The molecular formula is C20H13Cl2N3O2S. The molecule has 0 atom stereocenters. The molecular weight excluding hydrogens is 417 g/mol. The maximum atomic E-state index is 12.8. The summed E-state index contributed by atoms with van der Waals surface area (Å²) in [5, 5.41) is 6.41. The van der Waals surface area contributed by atoms with E-state index in [2.05, 4.69) is 10.3 Å². The van der Waals surface area contributed by atoms with Crippen molar-refractivity contribution in [1.29, 1.82) is 0 Å². The number of pyridine rings is 1. The number of rotatable bonds is 3. The first kappa shape index (κ1) is 18.7. The monoisotopic (exact) mass is 429 g/mol. The summed E-state index contributed by atoms with van der Waals surface area (Å²) in [6, 6.07) is 12.3. The minimum atomic E-state index is -0.514. The number of carbonyl (C=O) groups is 1. The number of carbonyl (C=O) groups excluding carboxylic acids is 1. The van der Waals surface area contributed by atoms with Gasteiger partial charge < -0.3 is 4.57 Å². The van der Waals surface area contributed by atoms with Gasteiger partial charge in [-0.3, -0.25) is 14.9 Å². The number of hydrogen-bond acceptors (Lipinski definition) is 4. The lowest BCUT2D eigenvalue weighted by Gasteiger charge is -2.09. The number of amides is 1. The number of nitrogens with one attached hydrogen (secondary N) is 1. The van der Waals surface area contributed by atoms with Gasteiger partial charge in [0, 0.05) is 39.6 Å². The van der Waals surface area contributed by atoms with Gasteiger partial charge >= 0.3 is 0 Å². The Labute approximate surface area is 174 Å². The van der Waals surface area contributed by atoms with Gasteiger partial charge in [-0.1, -0.05) is 35.3 Å². The standard InChI is InChI=1S/C20H13Cl2N3O2S/c1-25-9-15(18(26)14-8-13(22)6-7-17(14)25)19(27)24-20-23-16(10-28-20)11-2-4-12(21)5-3-11/h2-10H,1H3,(H,23,24,27). The van der Waals surface area contributed by atoms with Crippen LogP contribution in [0.3, 0.4) is 0 Å². The van der Waals surface area contributed by atoms with E-state index in [0.717, 1.165) is 11.3 Å². The van der Waals surface area contributed by atoms with Gasteiger partial charge in [-0.2, -0.15) is 0 Å². The van der Waals surface area contributed by atoms with E-state index >= 15 is 0 Å². The Bertz CT molecular complexity index is 1260. The smallest absolute Gasteiger partial charge is 0.262 e. The molecule has 0 aliphatic carbocycles. The predicted octanol–water partition coefficient (Wildman–Crippen LogP) is 5.22. The van der Waals surface area contributed by atoms with Crippen molar-refractivity contribution in [3.63, 3.8) is 0 Å². The van der Waals surface area contributed by atoms with Crippen molar-refractivity contribution in [2.24, 2.45) is 7.05 Å². The van der Waals surface area contributed by atoms with Gasteiger partial charge in [0.25, 0.3) is 5.91 Å². The summed E-state index contributed by atoms with van der Waals surface area (Å²) in [6.45, 7) is 0. The number of benzene rings is 2. The van der Waals surface area contributed by atoms with E-state index in [1.807, 2.05) is 17.5 Å². The number of nitrogens with zero attached hydrogens (tertiary/aromatic N) is 2. The summed E-state index contributed by atoms with van der Waals surface area (Å²) < 4.78 is 1.73. The average molecular weight is 430 g/mol. The maximum absolute atomic E-state index is 12.8. The molecule has 8 heteroatoms. The van der Waals surface area contributed by atoms with Crippen LogP contribution in [-0.4, -0.2) is 15.5 Å². The highest BCUT2D eigenvalue weighted by molar-refractivity contribution is 7.14. The van der Waals surface area contributed by atoms with Gasteiger partial charge in [0.1, 0.15) is 5.56 Å². The summed E-state index contributed by atoms with van der Waals surface area (Å²) in [7, 11) is 1.77. The summed E-state index contributed by atoms with van der Waals surface area (Å²) in [4.78, 5) is 29.9. The first-order valence-corrected chi connectivity index (χ1v) is 9.87. The third kappa shape index (κ3) is 3.54. The van der Waals surface area contributed by atoms with Crippen LogP contribution in [-0.2, 0) is 7.05 Å². The number of aromatic nitrogens is 2. The molecule has 2 heterocycles. The second kappa shape index (κ2) is 7.39. The average Bonchev–Trinajstić information content (AvgIpc) is 3.13. The molecule has 1 N–H and O–H groups in total. The number of hydrogen-bond donors (Lipinski definition) is 1. The van der Waals surface area contributed by atoms with Crippen LogP contribution in [0.2, 0.25) is 10.0 Å². The fraction of sp³-hybridized carbons (Fsp3) is 0.0500. The third-order valence-electron chi connectivity index (χ3n) is 4.26. The molecule has 0 saturated heterocycles. The molecule has 0 unspecified atom stereocenters. The molecule has 0 radical (unpaired) electrons. The highest BCUT2D eigenvalue weighted by atomic mass is 35.5. The van der Waals surface area contributed by atoms with Crippen molar-refractivity contribution in [2.45, 2.75) is 0 Å². The molecule has 28 heavy (non-hydrogen) atoms. The zero-order valence-corrected chi connectivity index (χ0v) is 16.9. The molecule has 0 saturated carbocycles. The Hall–Kier alpha value is -2.67. The molecule has 0 spiro atoms. The van der Waals surface area contributed by atoms with Crippen LogP contribution in [0.25, 0.3) is 22.2 Å². The van der Waals surface area contributed by atoms with Gasteiger partial charge in [0.2, 0.25) is 5.43 Å². The highest BCUT2D eigenvalue weighted by Gasteiger charge is 2.16. The van der Waals surface area contributed by atoms with Gasteiger partial charge in [-0.15, -0.1) is 11.3 Å². The van der Waals surface area contributed by atoms with Crippen LogP contribution in [0.5, 0.6) is 0 Å². The molecule has 140 valence electrons. The lowest BCUT2D eigenvalue weighted by molar-refractivity contribution is 0.102. The predicted molar refractivity (Wildman–Crippen MR) is 115 cm³/mol. The Morgan fingerprint density at radius 2 is 1.82 bits per heavy atom. The summed E-state index contributed by atoms with van der Waals surface area (Å²) >= 11 is 13.2. The summed E-state index contributed by atoms with van der Waals surface area (Å²) in [5.41, 5.74) is 1.96. The Kier molecular flexibility index (Phi) is 4.93. The third-order valence-corrected chi connectivity index (χ3v) is 5.50. The number of aryl methyl sites for hydroxylation is 1. The van der Waals surface area contributed by atoms with E-state index in [9.17, 15) is 9.59 Å². The summed E-state index contributed by atoms with van der Waals surface area (Å²) in [6.07, 6.45) is 1.52. The minimum Gasteiger partial charge on any atom is -0.350 e. The van der Waals surface area contributed by atoms with E-state index < -0.39 is 5.91 Å². The van der Waals surface area contributed by atoms with Gasteiger partial charge in [0.15, 0.2) is 5.13 Å². The van der Waals surface area contributed by atoms with Crippen LogP contribution in [0.4, 0.5) is 5.13 Å². The molecule has 4 aromatic rings. The van der Waals surface area contributed by atoms with Crippen LogP contribution >= 0.6 is 34.5 Å². The van der Waals surface area contributed by atoms with Crippen molar-refractivity contribution in [1.82, 2.24) is 9.55 Å². The fourth-order valence-corrected chi connectivity index (χ4v) is 3.89. The quantitative estimate of drug-likeness (QED) is 0.485. The largest absolute Gasteiger partial charge is 0.350 e. The van der Waals surface area contributed by atoms with Crippen molar-refractivity contribution in [2.75, 3.05) is 5.32 Å². The van der Waals surface area contributed by atoms with Gasteiger partial charge in [0.05, 0.1) is 11.2 Å². The number of halogens is 2. The molecule has 0 aliphatic heterocycles. The van der Waals surface area contributed by atoms with Crippen LogP contribution in [0, 0.1) is 0 Å².